The standard InChI is InChI=1S/C19H22N3O9PS2/c1-21-4-22(19(33)34-6-21)5-29-32(26)30-15-10(23)2-9-8-3-11-16(28-7-27-11)14(24)12(8)18(25)20-13(9)17(15)31-32/h3,9-10,13,15,17,23-24H,2,4-7H2,1H3,(H,20,25)/t9-,10+,13-,15-,17+,32?/m1/s1. The van der Waals surface area contributed by atoms with Gasteiger partial charge in [0.05, 0.1) is 30.3 Å². The van der Waals surface area contributed by atoms with Gasteiger partial charge in [-0.25, -0.2) is 4.57 Å². The number of aliphatic hydroxyl groups excluding tert-OH is 1. The van der Waals surface area contributed by atoms with E-state index >= 15 is 0 Å². The van der Waals surface area contributed by atoms with Crippen LogP contribution in [0.4, 0.5) is 0 Å². The number of hydrogen-bond donors (Lipinski definition) is 3. The summed E-state index contributed by atoms with van der Waals surface area (Å²) >= 11 is 6.79. The average molecular weight is 532 g/mol. The molecular weight excluding hydrogens is 509 g/mol. The van der Waals surface area contributed by atoms with Gasteiger partial charge in [0.15, 0.2) is 11.5 Å². The fourth-order valence-electron chi connectivity index (χ4n) is 5.02. The second-order valence-corrected chi connectivity index (χ2v) is 11.9. The first-order chi connectivity index (χ1) is 16.2. The molecule has 1 saturated carbocycles. The molecule has 6 rings (SSSR count). The van der Waals surface area contributed by atoms with Gasteiger partial charge in [-0.15, -0.1) is 0 Å². The predicted molar refractivity (Wildman–Crippen MR) is 122 cm³/mol. The maximum Gasteiger partial charge on any atom is 0.477 e. The molecule has 0 radical (unpaired) electrons. The minimum Gasteiger partial charge on any atom is -0.504 e. The molecule has 1 aliphatic carbocycles. The Morgan fingerprint density at radius 2 is 2.15 bits per heavy atom. The third kappa shape index (κ3) is 3.59. The van der Waals surface area contributed by atoms with E-state index in [4.69, 9.17) is 35.3 Å². The van der Waals surface area contributed by atoms with Crippen LogP contribution in [-0.4, -0.2) is 87.7 Å². The lowest BCUT2D eigenvalue weighted by Gasteiger charge is -2.43. The SMILES string of the molecule is CN1CSC(=S)N(COP2(=O)O[C@H]3[C@@H]4NC(=O)c5c(cc6c(c5O)OCO6)[C@H]4C[C@H](O)[C@H]3O2)C1. The molecule has 1 aromatic carbocycles. The highest BCUT2D eigenvalue weighted by Gasteiger charge is 2.59. The van der Waals surface area contributed by atoms with Crippen LogP contribution in [0.5, 0.6) is 17.2 Å². The summed E-state index contributed by atoms with van der Waals surface area (Å²) in [7, 11) is -2.13. The van der Waals surface area contributed by atoms with Crippen molar-refractivity contribution in [3.05, 3.63) is 17.2 Å². The zero-order valence-corrected chi connectivity index (χ0v) is 20.4. The Hall–Kier alpha value is -1.64. The molecule has 12 nitrogen and oxygen atoms in total. The Kier molecular flexibility index (Phi) is 5.50. The zero-order chi connectivity index (χ0) is 23.8. The number of rotatable bonds is 3. The van der Waals surface area contributed by atoms with E-state index in [1.54, 1.807) is 11.0 Å². The van der Waals surface area contributed by atoms with Gasteiger partial charge >= 0.3 is 7.82 Å². The molecule has 6 atom stereocenters. The Labute approximate surface area is 204 Å². The number of phosphoric acid groups is 1. The number of benzene rings is 1. The number of fused-ring (bicyclic) bond motifs is 6. The number of thioether (sulfide) groups is 1. The maximum atomic E-state index is 13.3. The number of carbonyl (C=O) groups is 1. The maximum absolute atomic E-state index is 13.3. The predicted octanol–water partition coefficient (Wildman–Crippen LogP) is 1.13. The summed E-state index contributed by atoms with van der Waals surface area (Å²) in [4.78, 5) is 16.7. The van der Waals surface area contributed by atoms with Gasteiger partial charge in [0.25, 0.3) is 5.91 Å². The van der Waals surface area contributed by atoms with Gasteiger partial charge in [0, 0.05) is 5.92 Å². The number of thiocarbonyl (C=S) groups is 1. The number of phenols is 1. The number of nitrogens with zero attached hydrogens (tertiary/aromatic N) is 2. The summed E-state index contributed by atoms with van der Waals surface area (Å²) in [6.45, 7) is 0.323. The summed E-state index contributed by atoms with van der Waals surface area (Å²) in [6.07, 6.45) is -2.74. The van der Waals surface area contributed by atoms with Crippen molar-refractivity contribution in [1.29, 1.82) is 0 Å². The van der Waals surface area contributed by atoms with Crippen LogP contribution < -0.4 is 14.8 Å². The highest BCUT2D eigenvalue weighted by molar-refractivity contribution is 8.22. The number of amides is 1. The quantitative estimate of drug-likeness (QED) is 0.380. The van der Waals surface area contributed by atoms with E-state index in [2.05, 4.69) is 5.32 Å². The average Bonchev–Trinajstić information content (AvgIpc) is 3.41. The highest BCUT2D eigenvalue weighted by atomic mass is 32.2. The van der Waals surface area contributed by atoms with Crippen molar-refractivity contribution in [2.75, 3.05) is 33.1 Å². The first-order valence-electron chi connectivity index (χ1n) is 10.6. The number of nitrogens with one attached hydrogen (secondary N) is 1. The molecule has 1 aromatic rings. The molecule has 184 valence electrons. The first-order valence-corrected chi connectivity index (χ1v) is 13.5. The highest BCUT2D eigenvalue weighted by Crippen LogP contribution is 2.62. The van der Waals surface area contributed by atoms with Gasteiger partial charge in [-0.1, -0.05) is 24.0 Å². The minimum atomic E-state index is -4.05. The van der Waals surface area contributed by atoms with Crippen LogP contribution in [0, 0.1) is 0 Å². The fraction of sp³-hybridized carbons (Fsp3) is 0.579. The molecule has 3 fully saturated rings. The Bertz CT molecular complexity index is 1120. The Morgan fingerprint density at radius 1 is 1.35 bits per heavy atom. The largest absolute Gasteiger partial charge is 0.504 e. The molecule has 15 heteroatoms. The van der Waals surface area contributed by atoms with Crippen molar-refractivity contribution in [3.63, 3.8) is 0 Å². The number of phenolic OH excluding ortho intramolecular Hbond substituents is 1. The molecule has 34 heavy (non-hydrogen) atoms. The van der Waals surface area contributed by atoms with Crippen molar-refractivity contribution < 1.29 is 42.6 Å². The summed E-state index contributed by atoms with van der Waals surface area (Å²) < 4.78 is 41.5. The van der Waals surface area contributed by atoms with Crippen molar-refractivity contribution in [2.45, 2.75) is 36.7 Å². The lowest BCUT2D eigenvalue weighted by Crippen LogP contribution is -2.60. The van der Waals surface area contributed by atoms with Gasteiger partial charge in [-0.3, -0.25) is 23.3 Å². The van der Waals surface area contributed by atoms with Gasteiger partial charge in [-0.2, -0.15) is 0 Å². The van der Waals surface area contributed by atoms with E-state index in [1.807, 2.05) is 11.9 Å². The van der Waals surface area contributed by atoms with Crippen molar-refractivity contribution >= 4 is 42.0 Å². The lowest BCUT2D eigenvalue weighted by molar-refractivity contribution is -0.0374. The molecule has 4 heterocycles. The topological polar surface area (TPSA) is 139 Å². The molecule has 0 spiro atoms. The molecular formula is C19H22N3O9PS2. The minimum absolute atomic E-state index is 0.0646. The van der Waals surface area contributed by atoms with Crippen LogP contribution in [0.1, 0.15) is 28.3 Å². The van der Waals surface area contributed by atoms with Gasteiger partial charge in [-0.05, 0) is 25.1 Å². The number of carbonyl (C=O) groups excluding carboxylic acids is 1. The van der Waals surface area contributed by atoms with E-state index in [0.29, 0.717) is 22.3 Å². The number of aromatic hydroxyl groups is 1. The second-order valence-electron chi connectivity index (χ2n) is 8.75. The van der Waals surface area contributed by atoms with E-state index < -0.39 is 44.0 Å². The zero-order valence-electron chi connectivity index (χ0n) is 17.9. The Balaban J connectivity index is 1.25. The van der Waals surface area contributed by atoms with Crippen LogP contribution in [-0.2, 0) is 18.1 Å². The molecule has 4 aliphatic heterocycles. The number of ether oxygens (including phenoxy) is 2. The summed E-state index contributed by atoms with van der Waals surface area (Å²) in [5, 5.41) is 24.3. The number of hydrogen-bond acceptors (Lipinski definition) is 12. The molecule has 2 saturated heterocycles. The Morgan fingerprint density at radius 3 is 2.97 bits per heavy atom. The van der Waals surface area contributed by atoms with Gasteiger partial charge in [0.2, 0.25) is 12.5 Å². The molecule has 3 N–H and O–H groups in total. The molecule has 1 amide bonds. The van der Waals surface area contributed by atoms with Crippen LogP contribution in [0.25, 0.3) is 0 Å². The van der Waals surface area contributed by atoms with Crippen LogP contribution in [0.2, 0.25) is 0 Å². The lowest BCUT2D eigenvalue weighted by atomic mass is 9.72. The van der Waals surface area contributed by atoms with Crippen molar-refractivity contribution in [3.8, 4) is 17.2 Å². The third-order valence-corrected chi connectivity index (χ3v) is 9.65. The fourth-order valence-corrected chi connectivity index (χ4v) is 7.55. The molecule has 1 unspecified atom stereocenters. The van der Waals surface area contributed by atoms with Crippen molar-refractivity contribution in [1.82, 2.24) is 15.1 Å². The van der Waals surface area contributed by atoms with Crippen LogP contribution in [0.15, 0.2) is 6.07 Å². The summed E-state index contributed by atoms with van der Waals surface area (Å²) in [6, 6.07) is 0.975. The number of aliphatic hydroxyl groups is 1. The normalized spacial score (nSPS) is 36.6. The third-order valence-electron chi connectivity index (χ3n) is 6.53. The van der Waals surface area contributed by atoms with Gasteiger partial charge < -0.3 is 29.9 Å². The second kappa shape index (κ2) is 8.20. The molecule has 0 aromatic heterocycles. The molecule has 5 aliphatic rings. The summed E-state index contributed by atoms with van der Waals surface area (Å²) in [5.41, 5.74) is 0.563. The first kappa shape index (κ1) is 22.8. The van der Waals surface area contributed by atoms with Crippen molar-refractivity contribution in [2.24, 2.45) is 0 Å². The van der Waals surface area contributed by atoms with Gasteiger partial charge in [0.1, 0.15) is 23.3 Å². The van der Waals surface area contributed by atoms with Crippen LogP contribution >= 0.6 is 31.8 Å². The monoisotopic (exact) mass is 531 g/mol. The van der Waals surface area contributed by atoms with E-state index in [0.717, 1.165) is 5.88 Å². The van der Waals surface area contributed by atoms with E-state index in [-0.39, 0.29) is 37.0 Å². The van der Waals surface area contributed by atoms with E-state index in [1.165, 1.54) is 11.8 Å². The van der Waals surface area contributed by atoms with E-state index in [9.17, 15) is 19.6 Å². The van der Waals surface area contributed by atoms with Crippen LogP contribution in [0.3, 0.4) is 0 Å². The number of phosphoric ester groups is 1. The smallest absolute Gasteiger partial charge is 0.477 e. The summed E-state index contributed by atoms with van der Waals surface area (Å²) in [5.74, 6) is -0.114. The molecule has 0 bridgehead atoms.